The highest BCUT2D eigenvalue weighted by Gasteiger charge is 2.23. The molecule has 120 valence electrons. The predicted octanol–water partition coefficient (Wildman–Crippen LogP) is 3.48. The second-order valence-electron chi connectivity index (χ2n) is 7.22. The number of nitrogens with zero attached hydrogens (tertiary/aromatic N) is 1. The fourth-order valence-electron chi connectivity index (χ4n) is 3.00. The molecule has 0 atom stereocenters. The molecule has 4 heteroatoms. The van der Waals surface area contributed by atoms with Crippen LogP contribution in [0.15, 0.2) is 11.6 Å². The second-order valence-corrected chi connectivity index (χ2v) is 7.22. The van der Waals surface area contributed by atoms with Crippen molar-refractivity contribution in [2.75, 3.05) is 19.6 Å². The topological polar surface area (TPSA) is 41.6 Å². The number of ether oxygens (including phenoxy) is 1. The Hall–Kier alpha value is -1.03. The van der Waals surface area contributed by atoms with Crippen LogP contribution >= 0.6 is 0 Å². The number of hydrogen-bond acceptors (Lipinski definition) is 3. The van der Waals surface area contributed by atoms with Gasteiger partial charge in [0.05, 0.1) is 0 Å². The van der Waals surface area contributed by atoms with Gasteiger partial charge < -0.3 is 15.0 Å². The van der Waals surface area contributed by atoms with Crippen LogP contribution in [0.5, 0.6) is 0 Å². The standard InChI is InChI=1S/C17H30N2O2/c1-17(2,3)21-16(20)19-12-9-14(10-13-19)8-11-18-15-6-4-5-7-15/h9,15,18H,4-8,10-13H2,1-3H3. The van der Waals surface area contributed by atoms with Crippen molar-refractivity contribution in [3.05, 3.63) is 11.6 Å². The van der Waals surface area contributed by atoms with E-state index in [-0.39, 0.29) is 6.09 Å². The molecule has 1 aliphatic carbocycles. The SMILES string of the molecule is CC(C)(C)OC(=O)N1CC=C(CCNC2CCCC2)CC1. The molecule has 0 spiro atoms. The zero-order chi connectivity index (χ0) is 15.3. The van der Waals surface area contributed by atoms with Crippen LogP contribution in [0.2, 0.25) is 0 Å². The summed E-state index contributed by atoms with van der Waals surface area (Å²) >= 11 is 0. The molecule has 0 aromatic carbocycles. The van der Waals surface area contributed by atoms with Crippen molar-refractivity contribution in [3.8, 4) is 0 Å². The van der Waals surface area contributed by atoms with Gasteiger partial charge >= 0.3 is 6.09 Å². The third-order valence-electron chi connectivity index (χ3n) is 4.19. The van der Waals surface area contributed by atoms with E-state index in [1.165, 1.54) is 31.3 Å². The van der Waals surface area contributed by atoms with Gasteiger partial charge in [-0.1, -0.05) is 24.5 Å². The normalized spacial score (nSPS) is 20.5. The van der Waals surface area contributed by atoms with Crippen LogP contribution in [-0.2, 0) is 4.74 Å². The summed E-state index contributed by atoms with van der Waals surface area (Å²) in [6.07, 6.45) is 9.53. The first-order valence-corrected chi connectivity index (χ1v) is 8.33. The Labute approximate surface area is 128 Å². The Kier molecular flexibility index (Phi) is 5.68. The third kappa shape index (κ3) is 5.70. The average Bonchev–Trinajstić information content (AvgIpc) is 2.91. The molecule has 0 aromatic heterocycles. The number of nitrogens with one attached hydrogen (secondary N) is 1. The van der Waals surface area contributed by atoms with Gasteiger partial charge in [-0.05, 0) is 53.0 Å². The number of carbonyl (C=O) groups is 1. The van der Waals surface area contributed by atoms with Gasteiger partial charge in [-0.3, -0.25) is 0 Å². The zero-order valence-corrected chi connectivity index (χ0v) is 13.8. The molecule has 1 fully saturated rings. The third-order valence-corrected chi connectivity index (χ3v) is 4.19. The van der Waals surface area contributed by atoms with E-state index < -0.39 is 5.60 Å². The van der Waals surface area contributed by atoms with Gasteiger partial charge in [0, 0.05) is 19.1 Å². The smallest absolute Gasteiger partial charge is 0.410 e. The van der Waals surface area contributed by atoms with E-state index in [0.29, 0.717) is 6.54 Å². The molecule has 4 nitrogen and oxygen atoms in total. The largest absolute Gasteiger partial charge is 0.444 e. The first-order valence-electron chi connectivity index (χ1n) is 8.33. The molecule has 0 bridgehead atoms. The van der Waals surface area contributed by atoms with Crippen LogP contribution in [-0.4, -0.2) is 42.3 Å². The van der Waals surface area contributed by atoms with E-state index in [9.17, 15) is 4.79 Å². The van der Waals surface area contributed by atoms with Crippen molar-refractivity contribution in [1.29, 1.82) is 0 Å². The van der Waals surface area contributed by atoms with Crippen molar-refractivity contribution >= 4 is 6.09 Å². The van der Waals surface area contributed by atoms with Crippen molar-refractivity contribution < 1.29 is 9.53 Å². The van der Waals surface area contributed by atoms with Gasteiger partial charge in [-0.2, -0.15) is 0 Å². The highest BCUT2D eigenvalue weighted by Crippen LogP contribution is 2.19. The minimum Gasteiger partial charge on any atom is -0.444 e. The summed E-state index contributed by atoms with van der Waals surface area (Å²) in [5.41, 5.74) is 1.06. The Morgan fingerprint density at radius 1 is 1.38 bits per heavy atom. The van der Waals surface area contributed by atoms with Crippen molar-refractivity contribution in [2.45, 2.75) is 70.9 Å². The lowest BCUT2D eigenvalue weighted by Gasteiger charge is -2.29. The van der Waals surface area contributed by atoms with Gasteiger partial charge in [-0.25, -0.2) is 4.79 Å². The van der Waals surface area contributed by atoms with Gasteiger partial charge in [0.25, 0.3) is 0 Å². The van der Waals surface area contributed by atoms with Crippen LogP contribution < -0.4 is 5.32 Å². The molecule has 1 N–H and O–H groups in total. The van der Waals surface area contributed by atoms with Gasteiger partial charge in [-0.15, -0.1) is 0 Å². The lowest BCUT2D eigenvalue weighted by Crippen LogP contribution is -2.39. The summed E-state index contributed by atoms with van der Waals surface area (Å²) in [6, 6.07) is 0.743. The maximum atomic E-state index is 12.0. The lowest BCUT2D eigenvalue weighted by atomic mass is 10.0. The van der Waals surface area contributed by atoms with Crippen LogP contribution in [0.1, 0.15) is 59.3 Å². The fraction of sp³-hybridized carbons (Fsp3) is 0.824. The molecule has 0 unspecified atom stereocenters. The second kappa shape index (κ2) is 7.30. The van der Waals surface area contributed by atoms with Crippen LogP contribution in [0.25, 0.3) is 0 Å². The van der Waals surface area contributed by atoms with Crippen molar-refractivity contribution in [1.82, 2.24) is 10.2 Å². The molecule has 0 radical (unpaired) electrons. The zero-order valence-electron chi connectivity index (χ0n) is 13.8. The van der Waals surface area contributed by atoms with Crippen LogP contribution in [0, 0.1) is 0 Å². The molecule has 1 saturated carbocycles. The summed E-state index contributed by atoms with van der Waals surface area (Å²) < 4.78 is 5.41. The minimum absolute atomic E-state index is 0.193. The Bertz CT molecular complexity index is 379. The van der Waals surface area contributed by atoms with Gasteiger partial charge in [0.1, 0.15) is 5.60 Å². The van der Waals surface area contributed by atoms with Crippen LogP contribution in [0.4, 0.5) is 4.79 Å². The minimum atomic E-state index is -0.410. The molecule has 0 saturated heterocycles. The summed E-state index contributed by atoms with van der Waals surface area (Å²) in [4.78, 5) is 13.8. The highest BCUT2D eigenvalue weighted by molar-refractivity contribution is 5.68. The first kappa shape index (κ1) is 16.3. The molecular formula is C17H30N2O2. The molecule has 21 heavy (non-hydrogen) atoms. The predicted molar refractivity (Wildman–Crippen MR) is 85.4 cm³/mol. The summed E-state index contributed by atoms with van der Waals surface area (Å²) in [5.74, 6) is 0. The summed E-state index contributed by atoms with van der Waals surface area (Å²) in [7, 11) is 0. The molecule has 0 aromatic rings. The molecule has 2 rings (SSSR count). The molecule has 1 amide bonds. The lowest BCUT2D eigenvalue weighted by molar-refractivity contribution is 0.0265. The quantitative estimate of drug-likeness (QED) is 0.807. The van der Waals surface area contributed by atoms with Crippen molar-refractivity contribution in [3.63, 3.8) is 0 Å². The number of carbonyl (C=O) groups excluding carboxylic acids is 1. The molecule has 1 aliphatic heterocycles. The van der Waals surface area contributed by atoms with E-state index in [1.54, 1.807) is 4.90 Å². The van der Waals surface area contributed by atoms with Gasteiger partial charge in [0.15, 0.2) is 0 Å². The fourth-order valence-corrected chi connectivity index (χ4v) is 3.00. The monoisotopic (exact) mass is 294 g/mol. The molecular weight excluding hydrogens is 264 g/mol. The van der Waals surface area contributed by atoms with E-state index >= 15 is 0 Å². The number of rotatable bonds is 4. The van der Waals surface area contributed by atoms with E-state index in [4.69, 9.17) is 4.74 Å². The molecule has 2 aliphatic rings. The Morgan fingerprint density at radius 3 is 2.67 bits per heavy atom. The van der Waals surface area contributed by atoms with Gasteiger partial charge in [0.2, 0.25) is 0 Å². The number of amides is 1. The van der Waals surface area contributed by atoms with E-state index in [0.717, 1.165) is 32.0 Å². The summed E-state index contributed by atoms with van der Waals surface area (Å²) in [6.45, 7) is 8.27. The Balaban J connectivity index is 1.67. The maximum Gasteiger partial charge on any atom is 0.410 e. The molecule has 1 heterocycles. The maximum absolute atomic E-state index is 12.0. The van der Waals surface area contributed by atoms with E-state index in [1.807, 2.05) is 20.8 Å². The Morgan fingerprint density at radius 2 is 2.10 bits per heavy atom. The van der Waals surface area contributed by atoms with Crippen LogP contribution in [0.3, 0.4) is 0 Å². The highest BCUT2D eigenvalue weighted by atomic mass is 16.6. The number of hydrogen-bond donors (Lipinski definition) is 1. The average molecular weight is 294 g/mol. The summed E-state index contributed by atoms with van der Waals surface area (Å²) in [5, 5.41) is 3.65. The van der Waals surface area contributed by atoms with Crippen molar-refractivity contribution in [2.24, 2.45) is 0 Å². The first-order chi connectivity index (χ1) is 9.94. The van der Waals surface area contributed by atoms with E-state index in [2.05, 4.69) is 11.4 Å².